The van der Waals surface area contributed by atoms with Crippen molar-refractivity contribution >= 4 is 23.9 Å². The van der Waals surface area contributed by atoms with Gasteiger partial charge >= 0.3 is 6.03 Å². The van der Waals surface area contributed by atoms with Crippen LogP contribution in [0.25, 0.3) is 6.08 Å². The molecule has 0 unspecified atom stereocenters. The highest BCUT2D eigenvalue weighted by molar-refractivity contribution is 6.31. The van der Waals surface area contributed by atoms with Gasteiger partial charge in [0.1, 0.15) is 5.57 Å². The first-order valence-electron chi connectivity index (χ1n) is 4.88. The molecule has 1 saturated heterocycles. The van der Waals surface area contributed by atoms with E-state index in [-0.39, 0.29) is 16.9 Å². The molecule has 7 nitrogen and oxygen atoms in total. The molecule has 0 bridgehead atoms. The molecule has 1 fully saturated rings. The van der Waals surface area contributed by atoms with Crippen LogP contribution in [-0.4, -0.2) is 28.1 Å². The van der Waals surface area contributed by atoms with Crippen molar-refractivity contribution in [3.63, 3.8) is 0 Å². The molecular formula is C11H8N2O5. The van der Waals surface area contributed by atoms with E-state index in [0.29, 0.717) is 0 Å². The number of carbonyl (C=O) groups excluding carboxylic acids is 3. The van der Waals surface area contributed by atoms with Crippen LogP contribution in [0, 0.1) is 0 Å². The minimum atomic E-state index is -0.901. The third-order valence-electron chi connectivity index (χ3n) is 2.29. The van der Waals surface area contributed by atoms with Crippen molar-refractivity contribution in [2.75, 3.05) is 0 Å². The second kappa shape index (κ2) is 4.21. The summed E-state index contributed by atoms with van der Waals surface area (Å²) in [6, 6.07) is 3.19. The van der Waals surface area contributed by atoms with E-state index in [1.165, 1.54) is 18.2 Å². The first kappa shape index (κ1) is 11.6. The second-order valence-corrected chi connectivity index (χ2v) is 3.51. The van der Waals surface area contributed by atoms with Crippen LogP contribution < -0.4 is 10.6 Å². The molecule has 1 aromatic carbocycles. The quantitative estimate of drug-likeness (QED) is 0.313. The van der Waals surface area contributed by atoms with Crippen LogP contribution in [0.5, 0.6) is 11.5 Å². The average Bonchev–Trinajstić information content (AvgIpc) is 2.28. The van der Waals surface area contributed by atoms with Crippen LogP contribution in [0.1, 0.15) is 5.56 Å². The number of hydrogen-bond acceptors (Lipinski definition) is 5. The molecule has 0 atom stereocenters. The van der Waals surface area contributed by atoms with Crippen molar-refractivity contribution in [1.82, 2.24) is 10.6 Å². The summed E-state index contributed by atoms with van der Waals surface area (Å²) in [4.78, 5) is 33.6. The fraction of sp³-hybridized carbons (Fsp3) is 0. The zero-order valence-corrected chi connectivity index (χ0v) is 8.93. The average molecular weight is 248 g/mol. The lowest BCUT2D eigenvalue weighted by atomic mass is 10.1. The number of phenols is 2. The van der Waals surface area contributed by atoms with Gasteiger partial charge in [0.2, 0.25) is 0 Å². The molecule has 4 N–H and O–H groups in total. The van der Waals surface area contributed by atoms with Crippen LogP contribution >= 0.6 is 0 Å². The maximum Gasteiger partial charge on any atom is 0.328 e. The number of carbonyl (C=O) groups is 3. The molecule has 1 aromatic rings. The maximum atomic E-state index is 11.4. The number of rotatable bonds is 1. The number of aromatic hydroxyl groups is 2. The molecule has 2 rings (SSSR count). The van der Waals surface area contributed by atoms with Gasteiger partial charge < -0.3 is 10.2 Å². The topological polar surface area (TPSA) is 116 Å². The van der Waals surface area contributed by atoms with Crippen LogP contribution in [0.4, 0.5) is 4.79 Å². The third kappa shape index (κ3) is 2.01. The molecule has 0 spiro atoms. The molecular weight excluding hydrogens is 240 g/mol. The minimum absolute atomic E-state index is 0.0876. The second-order valence-electron chi connectivity index (χ2n) is 3.51. The Morgan fingerprint density at radius 2 is 1.61 bits per heavy atom. The highest BCUT2D eigenvalue weighted by Gasteiger charge is 2.27. The van der Waals surface area contributed by atoms with E-state index in [9.17, 15) is 24.6 Å². The number of hydrogen-bond donors (Lipinski definition) is 4. The number of urea groups is 1. The van der Waals surface area contributed by atoms with Crippen molar-refractivity contribution < 1.29 is 24.6 Å². The van der Waals surface area contributed by atoms with Gasteiger partial charge in [0.05, 0.1) is 0 Å². The molecule has 1 aliphatic rings. The Kier molecular flexibility index (Phi) is 2.72. The summed E-state index contributed by atoms with van der Waals surface area (Å²) in [7, 11) is 0. The zero-order chi connectivity index (χ0) is 13.3. The van der Waals surface area contributed by atoms with Crippen LogP contribution in [0.2, 0.25) is 0 Å². The maximum absolute atomic E-state index is 11.4. The standard InChI is InChI=1S/C11H8N2O5/c14-7-3-1-2-5(8(7)15)4-6-9(16)12-11(18)13-10(6)17/h1-4,14-15H,(H2,12,13,16,17,18). The Labute approximate surface area is 101 Å². The van der Waals surface area contributed by atoms with Gasteiger partial charge in [-0.15, -0.1) is 0 Å². The van der Waals surface area contributed by atoms with Gasteiger partial charge in [-0.2, -0.15) is 0 Å². The molecule has 0 aliphatic carbocycles. The molecule has 7 heteroatoms. The van der Waals surface area contributed by atoms with Crippen LogP contribution in [0.15, 0.2) is 23.8 Å². The van der Waals surface area contributed by atoms with Gasteiger partial charge in [-0.3, -0.25) is 20.2 Å². The van der Waals surface area contributed by atoms with E-state index in [0.717, 1.165) is 6.08 Å². The highest BCUT2D eigenvalue weighted by Crippen LogP contribution is 2.29. The smallest absolute Gasteiger partial charge is 0.328 e. The monoisotopic (exact) mass is 248 g/mol. The summed E-state index contributed by atoms with van der Waals surface area (Å²) in [5, 5.41) is 22.6. The lowest BCUT2D eigenvalue weighted by Crippen LogP contribution is -2.51. The van der Waals surface area contributed by atoms with E-state index < -0.39 is 23.6 Å². The first-order chi connectivity index (χ1) is 8.49. The lowest BCUT2D eigenvalue weighted by Gasteiger charge is -2.14. The van der Waals surface area contributed by atoms with Crippen molar-refractivity contribution in [1.29, 1.82) is 0 Å². The minimum Gasteiger partial charge on any atom is -0.504 e. The summed E-state index contributed by atoms with van der Waals surface area (Å²) >= 11 is 0. The van der Waals surface area contributed by atoms with Crippen LogP contribution in [-0.2, 0) is 9.59 Å². The molecule has 0 aromatic heterocycles. The SMILES string of the molecule is O=C1NC(=O)C(=Cc2cccc(O)c2O)C(=O)N1. The summed E-state index contributed by atoms with van der Waals surface area (Å²) in [6.45, 7) is 0. The van der Waals surface area contributed by atoms with Gasteiger partial charge in [0, 0.05) is 5.56 Å². The van der Waals surface area contributed by atoms with E-state index in [2.05, 4.69) is 0 Å². The Morgan fingerprint density at radius 3 is 2.22 bits per heavy atom. The third-order valence-corrected chi connectivity index (χ3v) is 2.29. The van der Waals surface area contributed by atoms with Crippen molar-refractivity contribution in [2.24, 2.45) is 0 Å². The highest BCUT2D eigenvalue weighted by atomic mass is 16.3. The van der Waals surface area contributed by atoms with Crippen molar-refractivity contribution in [2.45, 2.75) is 0 Å². The normalized spacial score (nSPS) is 15.1. The summed E-state index contributed by atoms with van der Waals surface area (Å²) in [5.41, 5.74) is -0.250. The molecule has 92 valence electrons. The van der Waals surface area contributed by atoms with Gasteiger partial charge in [0.15, 0.2) is 11.5 Å². The number of amides is 4. The van der Waals surface area contributed by atoms with E-state index in [1.807, 2.05) is 10.6 Å². The summed E-state index contributed by atoms with van der Waals surface area (Å²) < 4.78 is 0. The molecule has 18 heavy (non-hydrogen) atoms. The van der Waals surface area contributed by atoms with Gasteiger partial charge in [0.25, 0.3) is 11.8 Å². The Morgan fingerprint density at radius 1 is 1.00 bits per heavy atom. The Balaban J connectivity index is 2.44. The number of para-hydroxylation sites is 1. The molecule has 1 aliphatic heterocycles. The summed E-state index contributed by atoms with van der Waals surface area (Å²) in [5.74, 6) is -2.57. The molecule has 1 heterocycles. The number of benzene rings is 1. The fourth-order valence-electron chi connectivity index (χ4n) is 1.43. The fourth-order valence-corrected chi connectivity index (χ4v) is 1.43. The van der Waals surface area contributed by atoms with Gasteiger partial charge in [-0.1, -0.05) is 12.1 Å². The Bertz CT molecular complexity index is 569. The van der Waals surface area contributed by atoms with Crippen molar-refractivity contribution in [3.8, 4) is 11.5 Å². The Hall–Kier alpha value is -2.83. The zero-order valence-electron chi connectivity index (χ0n) is 8.93. The van der Waals surface area contributed by atoms with E-state index in [1.54, 1.807) is 0 Å². The van der Waals surface area contributed by atoms with Gasteiger partial charge in [-0.05, 0) is 12.1 Å². The van der Waals surface area contributed by atoms with Crippen LogP contribution in [0.3, 0.4) is 0 Å². The van der Waals surface area contributed by atoms with Crippen molar-refractivity contribution in [3.05, 3.63) is 29.3 Å². The predicted molar refractivity (Wildman–Crippen MR) is 59.4 cm³/mol. The first-order valence-corrected chi connectivity index (χ1v) is 4.88. The number of nitrogens with one attached hydrogen (secondary N) is 2. The summed E-state index contributed by atoms with van der Waals surface area (Å²) in [6.07, 6.45) is 1.08. The molecule has 4 amide bonds. The largest absolute Gasteiger partial charge is 0.504 e. The number of barbiturate groups is 1. The molecule has 0 radical (unpaired) electrons. The predicted octanol–water partition coefficient (Wildman–Crippen LogP) is -0.153. The van der Waals surface area contributed by atoms with E-state index >= 15 is 0 Å². The van der Waals surface area contributed by atoms with Gasteiger partial charge in [-0.25, -0.2) is 4.79 Å². The molecule has 0 saturated carbocycles. The van der Waals surface area contributed by atoms with E-state index in [4.69, 9.17) is 0 Å². The lowest BCUT2D eigenvalue weighted by molar-refractivity contribution is -0.123. The number of imide groups is 2. The number of phenolic OH excluding ortho intramolecular Hbond substituents is 2.